The smallest absolute Gasteiger partial charge is 0.142 e. The Morgan fingerprint density at radius 3 is 2.94 bits per heavy atom. The first-order valence-corrected chi connectivity index (χ1v) is 8.09. The number of nitrogens with zero attached hydrogens (tertiary/aromatic N) is 1. The van der Waals surface area contributed by atoms with Gasteiger partial charge in [-0.2, -0.15) is 11.8 Å². The third-order valence-corrected chi connectivity index (χ3v) is 5.23. The summed E-state index contributed by atoms with van der Waals surface area (Å²) in [6.45, 7) is 7.63. The summed E-state index contributed by atoms with van der Waals surface area (Å²) in [7, 11) is 0. The molecule has 0 amide bonds. The molecule has 0 radical (unpaired) electrons. The molecule has 2 nitrogen and oxygen atoms in total. The first kappa shape index (κ1) is 13.4. The van der Waals surface area contributed by atoms with Gasteiger partial charge in [0.25, 0.3) is 0 Å². The predicted molar refractivity (Wildman–Crippen MR) is 74.5 cm³/mol. The fraction of sp³-hybridized carbons (Fsp3) is 0.929. The molecule has 2 rings (SSSR count). The zero-order chi connectivity index (χ0) is 12.3. The minimum atomic E-state index is -0.0660. The third kappa shape index (κ3) is 3.47. The number of hydrogen-bond acceptors (Lipinski definition) is 3. The lowest BCUT2D eigenvalue weighted by atomic mass is 9.71. The van der Waals surface area contributed by atoms with E-state index < -0.39 is 0 Å². The SMILES string of the molecule is CC1(C)CCCC(CN2CCCSCC2)C1=O. The van der Waals surface area contributed by atoms with E-state index in [-0.39, 0.29) is 5.41 Å². The Labute approximate surface area is 110 Å². The number of hydrogen-bond donors (Lipinski definition) is 0. The molecule has 1 saturated carbocycles. The maximum Gasteiger partial charge on any atom is 0.142 e. The Morgan fingerprint density at radius 1 is 1.29 bits per heavy atom. The number of carbonyl (C=O) groups is 1. The van der Waals surface area contributed by atoms with Crippen LogP contribution in [0.15, 0.2) is 0 Å². The van der Waals surface area contributed by atoms with E-state index in [1.54, 1.807) is 0 Å². The minimum absolute atomic E-state index is 0.0660. The van der Waals surface area contributed by atoms with E-state index in [0.717, 1.165) is 19.4 Å². The van der Waals surface area contributed by atoms with Crippen molar-refractivity contribution in [2.45, 2.75) is 39.5 Å². The number of rotatable bonds is 2. The second-order valence-corrected chi connectivity index (χ2v) is 7.33. The maximum absolute atomic E-state index is 12.4. The normalized spacial score (nSPS) is 31.2. The predicted octanol–water partition coefficient (Wildman–Crippen LogP) is 2.82. The molecule has 98 valence electrons. The summed E-state index contributed by atoms with van der Waals surface area (Å²) >= 11 is 2.06. The Bertz CT molecular complexity index is 269. The summed E-state index contributed by atoms with van der Waals surface area (Å²) in [5.41, 5.74) is -0.0660. The van der Waals surface area contributed by atoms with Crippen molar-refractivity contribution in [3.05, 3.63) is 0 Å². The van der Waals surface area contributed by atoms with Crippen LogP contribution in [0.2, 0.25) is 0 Å². The van der Waals surface area contributed by atoms with Gasteiger partial charge in [0, 0.05) is 30.2 Å². The van der Waals surface area contributed by atoms with E-state index in [4.69, 9.17) is 0 Å². The molecule has 1 heterocycles. The molecule has 1 unspecified atom stereocenters. The standard InChI is InChI=1S/C14H25NOS/c1-14(2)6-3-5-12(13(14)16)11-15-7-4-9-17-10-8-15/h12H,3-11H2,1-2H3. The van der Waals surface area contributed by atoms with E-state index in [2.05, 4.69) is 30.5 Å². The molecule has 2 aliphatic rings. The van der Waals surface area contributed by atoms with Crippen LogP contribution in [-0.4, -0.2) is 41.8 Å². The second-order valence-electron chi connectivity index (χ2n) is 6.10. The van der Waals surface area contributed by atoms with E-state index in [1.165, 1.54) is 37.4 Å². The van der Waals surface area contributed by atoms with Crippen LogP contribution in [0.3, 0.4) is 0 Å². The molecule has 17 heavy (non-hydrogen) atoms. The maximum atomic E-state index is 12.4. The lowest BCUT2D eigenvalue weighted by Gasteiger charge is -2.36. The molecule has 1 aliphatic heterocycles. The summed E-state index contributed by atoms with van der Waals surface area (Å²) < 4.78 is 0. The fourth-order valence-corrected chi connectivity index (χ4v) is 3.99. The van der Waals surface area contributed by atoms with Gasteiger partial charge in [-0.3, -0.25) is 4.79 Å². The summed E-state index contributed by atoms with van der Waals surface area (Å²) in [5, 5.41) is 0. The number of thioether (sulfide) groups is 1. The van der Waals surface area contributed by atoms with Crippen molar-refractivity contribution in [1.82, 2.24) is 4.90 Å². The van der Waals surface area contributed by atoms with Crippen molar-refractivity contribution in [3.8, 4) is 0 Å². The van der Waals surface area contributed by atoms with Crippen LogP contribution in [-0.2, 0) is 4.79 Å². The quantitative estimate of drug-likeness (QED) is 0.757. The van der Waals surface area contributed by atoms with Gasteiger partial charge in [0.05, 0.1) is 0 Å². The van der Waals surface area contributed by atoms with Crippen LogP contribution in [0.25, 0.3) is 0 Å². The Hall–Kier alpha value is -0.0200. The van der Waals surface area contributed by atoms with Gasteiger partial charge in [0.2, 0.25) is 0 Å². The molecule has 1 atom stereocenters. The summed E-state index contributed by atoms with van der Waals surface area (Å²) in [4.78, 5) is 14.9. The molecule has 1 aliphatic carbocycles. The van der Waals surface area contributed by atoms with E-state index in [0.29, 0.717) is 11.7 Å². The van der Waals surface area contributed by atoms with Gasteiger partial charge < -0.3 is 4.90 Å². The van der Waals surface area contributed by atoms with Crippen molar-refractivity contribution < 1.29 is 4.79 Å². The Kier molecular flexibility index (Phi) is 4.53. The van der Waals surface area contributed by atoms with Crippen LogP contribution in [0.4, 0.5) is 0 Å². The molecular weight excluding hydrogens is 230 g/mol. The second kappa shape index (κ2) is 5.75. The highest BCUT2D eigenvalue weighted by atomic mass is 32.2. The van der Waals surface area contributed by atoms with Crippen LogP contribution in [0.1, 0.15) is 39.5 Å². The molecule has 0 bridgehead atoms. The molecule has 0 N–H and O–H groups in total. The van der Waals surface area contributed by atoms with E-state index in [1.807, 2.05) is 0 Å². The average Bonchev–Trinajstić information content (AvgIpc) is 2.53. The van der Waals surface area contributed by atoms with Crippen molar-refractivity contribution in [2.75, 3.05) is 31.1 Å². The molecule has 0 aromatic rings. The number of Topliss-reactive ketones (excluding diaryl/α,β-unsaturated/α-hetero) is 1. The summed E-state index contributed by atoms with van der Waals surface area (Å²) in [6, 6.07) is 0. The van der Waals surface area contributed by atoms with Crippen LogP contribution >= 0.6 is 11.8 Å². The number of carbonyl (C=O) groups excluding carboxylic acids is 1. The van der Waals surface area contributed by atoms with Crippen molar-refractivity contribution in [2.24, 2.45) is 11.3 Å². The Balaban J connectivity index is 1.91. The molecular formula is C14H25NOS. The molecule has 2 fully saturated rings. The monoisotopic (exact) mass is 255 g/mol. The molecule has 1 saturated heterocycles. The van der Waals surface area contributed by atoms with E-state index in [9.17, 15) is 4.79 Å². The van der Waals surface area contributed by atoms with Gasteiger partial charge in [0.1, 0.15) is 5.78 Å². The van der Waals surface area contributed by atoms with Crippen molar-refractivity contribution in [3.63, 3.8) is 0 Å². The summed E-state index contributed by atoms with van der Waals surface area (Å²) in [5.74, 6) is 3.35. The molecule has 0 aromatic carbocycles. The van der Waals surface area contributed by atoms with Gasteiger partial charge >= 0.3 is 0 Å². The number of ketones is 1. The highest BCUT2D eigenvalue weighted by Gasteiger charge is 2.37. The van der Waals surface area contributed by atoms with Crippen LogP contribution in [0.5, 0.6) is 0 Å². The van der Waals surface area contributed by atoms with Crippen LogP contribution in [0, 0.1) is 11.3 Å². The largest absolute Gasteiger partial charge is 0.302 e. The third-order valence-electron chi connectivity index (χ3n) is 4.19. The lowest BCUT2D eigenvalue weighted by Crippen LogP contribution is -2.42. The van der Waals surface area contributed by atoms with Gasteiger partial charge in [0.15, 0.2) is 0 Å². The summed E-state index contributed by atoms with van der Waals surface area (Å²) in [6.07, 6.45) is 4.71. The highest BCUT2D eigenvalue weighted by Crippen LogP contribution is 2.35. The molecule has 0 aromatic heterocycles. The lowest BCUT2D eigenvalue weighted by molar-refractivity contribution is -0.134. The van der Waals surface area contributed by atoms with Crippen molar-refractivity contribution >= 4 is 17.5 Å². The van der Waals surface area contributed by atoms with Gasteiger partial charge in [-0.15, -0.1) is 0 Å². The molecule has 3 heteroatoms. The van der Waals surface area contributed by atoms with Gasteiger partial charge in [-0.1, -0.05) is 20.3 Å². The van der Waals surface area contributed by atoms with Crippen LogP contribution < -0.4 is 0 Å². The van der Waals surface area contributed by atoms with E-state index >= 15 is 0 Å². The fourth-order valence-electron chi connectivity index (χ4n) is 3.06. The van der Waals surface area contributed by atoms with Crippen molar-refractivity contribution in [1.29, 1.82) is 0 Å². The zero-order valence-electron chi connectivity index (χ0n) is 11.2. The zero-order valence-corrected chi connectivity index (χ0v) is 12.0. The average molecular weight is 255 g/mol. The first-order chi connectivity index (χ1) is 8.09. The van der Waals surface area contributed by atoms with Gasteiger partial charge in [-0.25, -0.2) is 0 Å². The topological polar surface area (TPSA) is 20.3 Å². The molecule has 0 spiro atoms. The first-order valence-electron chi connectivity index (χ1n) is 6.94. The Morgan fingerprint density at radius 2 is 2.12 bits per heavy atom. The van der Waals surface area contributed by atoms with Gasteiger partial charge in [-0.05, 0) is 31.6 Å². The highest BCUT2D eigenvalue weighted by molar-refractivity contribution is 7.99. The minimum Gasteiger partial charge on any atom is -0.302 e.